The average Bonchev–Trinajstić information content (AvgIpc) is 2.59. The van der Waals surface area contributed by atoms with Gasteiger partial charge in [0.1, 0.15) is 0 Å². The fourth-order valence-electron chi connectivity index (χ4n) is 2.89. The molecule has 1 unspecified atom stereocenters. The van der Waals surface area contributed by atoms with Gasteiger partial charge in [-0.1, -0.05) is 43.2 Å². The third-order valence-corrected chi connectivity index (χ3v) is 4.08. The molecule has 1 heterocycles. The van der Waals surface area contributed by atoms with Crippen LogP contribution in [0.25, 0.3) is 0 Å². The van der Waals surface area contributed by atoms with Gasteiger partial charge in [0.25, 0.3) is 0 Å². The molecule has 3 N–H and O–H groups in total. The first-order valence-corrected chi connectivity index (χ1v) is 8.03. The maximum atomic E-state index is 12.3. The van der Waals surface area contributed by atoms with Crippen molar-refractivity contribution in [1.82, 2.24) is 10.2 Å². The third-order valence-electron chi connectivity index (χ3n) is 4.08. The molecule has 0 radical (unpaired) electrons. The Labute approximate surface area is 131 Å². The van der Waals surface area contributed by atoms with Crippen LogP contribution in [-0.4, -0.2) is 36.3 Å². The number of hydrogen-bond donors (Lipinski definition) is 2. The first-order chi connectivity index (χ1) is 10.7. The monoisotopic (exact) mass is 303 g/mol. The second kappa shape index (κ2) is 8.54. The van der Waals surface area contributed by atoms with E-state index in [1.54, 1.807) is 4.90 Å². The molecule has 1 fully saturated rings. The van der Waals surface area contributed by atoms with E-state index in [4.69, 9.17) is 5.73 Å². The molecule has 1 aliphatic rings. The Morgan fingerprint density at radius 2 is 1.91 bits per heavy atom. The van der Waals surface area contributed by atoms with E-state index < -0.39 is 0 Å². The van der Waals surface area contributed by atoms with Crippen LogP contribution in [0.5, 0.6) is 0 Å². The molecule has 2 amide bonds. The number of carbonyl (C=O) groups is 2. The fraction of sp³-hybridized carbons (Fsp3) is 0.529. The number of benzene rings is 1. The molecule has 5 heteroatoms. The van der Waals surface area contributed by atoms with Crippen LogP contribution in [0.2, 0.25) is 0 Å². The first-order valence-electron chi connectivity index (χ1n) is 8.03. The lowest BCUT2D eigenvalue weighted by molar-refractivity contribution is -0.133. The largest absolute Gasteiger partial charge is 0.356 e. The van der Waals surface area contributed by atoms with Crippen LogP contribution in [-0.2, 0) is 9.59 Å². The van der Waals surface area contributed by atoms with Gasteiger partial charge in [-0.15, -0.1) is 0 Å². The molecule has 1 aliphatic heterocycles. The molecule has 0 spiro atoms. The highest BCUT2D eigenvalue weighted by molar-refractivity contribution is 5.81. The summed E-state index contributed by atoms with van der Waals surface area (Å²) in [6.45, 7) is 1.35. The molecular formula is C17H25N3O2. The van der Waals surface area contributed by atoms with Crippen molar-refractivity contribution in [3.05, 3.63) is 35.9 Å². The molecule has 2 rings (SSSR count). The average molecular weight is 303 g/mol. The van der Waals surface area contributed by atoms with Crippen molar-refractivity contribution < 1.29 is 9.59 Å². The molecule has 1 atom stereocenters. The van der Waals surface area contributed by atoms with E-state index in [2.05, 4.69) is 5.32 Å². The SMILES string of the molecule is NCC(=O)N1CCCCCCNC(=O)CC1c1ccccc1. The maximum Gasteiger partial charge on any atom is 0.236 e. The maximum absolute atomic E-state index is 12.3. The van der Waals surface area contributed by atoms with Crippen LogP contribution in [0.4, 0.5) is 0 Å². The second-order valence-electron chi connectivity index (χ2n) is 5.69. The standard InChI is InChI=1S/C17H25N3O2/c18-13-17(22)20-11-7-2-1-6-10-19-16(21)12-15(20)14-8-4-3-5-9-14/h3-5,8-9,15H,1-2,6-7,10-13,18H2,(H,19,21). The molecule has 0 aromatic heterocycles. The second-order valence-corrected chi connectivity index (χ2v) is 5.69. The molecule has 1 saturated heterocycles. The molecule has 0 aliphatic carbocycles. The van der Waals surface area contributed by atoms with Gasteiger partial charge in [0, 0.05) is 13.1 Å². The van der Waals surface area contributed by atoms with Gasteiger partial charge in [-0.3, -0.25) is 9.59 Å². The number of amides is 2. The van der Waals surface area contributed by atoms with Crippen molar-refractivity contribution in [2.75, 3.05) is 19.6 Å². The molecule has 1 aromatic rings. The van der Waals surface area contributed by atoms with E-state index in [1.807, 2.05) is 30.3 Å². The van der Waals surface area contributed by atoms with Crippen molar-refractivity contribution in [3.63, 3.8) is 0 Å². The van der Waals surface area contributed by atoms with E-state index in [9.17, 15) is 9.59 Å². The van der Waals surface area contributed by atoms with Crippen LogP contribution in [0.15, 0.2) is 30.3 Å². The molecule has 1 aromatic carbocycles. The summed E-state index contributed by atoms with van der Waals surface area (Å²) < 4.78 is 0. The Morgan fingerprint density at radius 3 is 2.64 bits per heavy atom. The summed E-state index contributed by atoms with van der Waals surface area (Å²) >= 11 is 0. The van der Waals surface area contributed by atoms with Gasteiger partial charge in [-0.05, 0) is 18.4 Å². The van der Waals surface area contributed by atoms with Gasteiger partial charge < -0.3 is 16.0 Å². The summed E-state index contributed by atoms with van der Waals surface area (Å²) in [6.07, 6.45) is 4.36. The normalized spacial score (nSPS) is 20.9. The quantitative estimate of drug-likeness (QED) is 0.871. The van der Waals surface area contributed by atoms with Gasteiger partial charge in [-0.25, -0.2) is 0 Å². The summed E-state index contributed by atoms with van der Waals surface area (Å²) in [5.41, 5.74) is 6.56. The molecular weight excluding hydrogens is 278 g/mol. The Kier molecular flexibility index (Phi) is 6.40. The molecule has 120 valence electrons. The minimum absolute atomic E-state index is 0.00873. The predicted octanol–water partition coefficient (Wildman–Crippen LogP) is 1.60. The predicted molar refractivity (Wildman–Crippen MR) is 86.0 cm³/mol. The van der Waals surface area contributed by atoms with Gasteiger partial charge >= 0.3 is 0 Å². The number of nitrogens with one attached hydrogen (secondary N) is 1. The molecule has 22 heavy (non-hydrogen) atoms. The Balaban J connectivity index is 2.27. The van der Waals surface area contributed by atoms with Crippen LogP contribution in [0.1, 0.15) is 43.7 Å². The summed E-state index contributed by atoms with van der Waals surface area (Å²) in [5.74, 6) is -0.105. The zero-order valence-electron chi connectivity index (χ0n) is 13.0. The van der Waals surface area contributed by atoms with Crippen molar-refractivity contribution in [2.45, 2.75) is 38.1 Å². The summed E-state index contributed by atoms with van der Waals surface area (Å²) in [4.78, 5) is 26.2. The van der Waals surface area contributed by atoms with Gasteiger partial charge in [-0.2, -0.15) is 0 Å². The molecule has 0 bridgehead atoms. The molecule has 0 saturated carbocycles. The van der Waals surface area contributed by atoms with Crippen molar-refractivity contribution >= 4 is 11.8 Å². The fourth-order valence-corrected chi connectivity index (χ4v) is 2.89. The van der Waals surface area contributed by atoms with E-state index in [0.29, 0.717) is 13.1 Å². The highest BCUT2D eigenvalue weighted by Gasteiger charge is 2.26. The van der Waals surface area contributed by atoms with Crippen molar-refractivity contribution in [2.24, 2.45) is 5.73 Å². The zero-order valence-corrected chi connectivity index (χ0v) is 13.0. The van der Waals surface area contributed by atoms with Gasteiger partial charge in [0.2, 0.25) is 11.8 Å². The Bertz CT molecular complexity index is 490. The van der Waals surface area contributed by atoms with Crippen molar-refractivity contribution in [1.29, 1.82) is 0 Å². The van der Waals surface area contributed by atoms with E-state index >= 15 is 0 Å². The number of hydrogen-bond acceptors (Lipinski definition) is 3. The number of rotatable bonds is 2. The van der Waals surface area contributed by atoms with E-state index in [1.165, 1.54) is 0 Å². The summed E-state index contributed by atoms with van der Waals surface area (Å²) in [5, 5.41) is 2.95. The highest BCUT2D eigenvalue weighted by atomic mass is 16.2. The van der Waals surface area contributed by atoms with Crippen LogP contribution >= 0.6 is 0 Å². The number of nitrogens with two attached hydrogens (primary N) is 1. The lowest BCUT2D eigenvalue weighted by Crippen LogP contribution is -2.41. The van der Waals surface area contributed by atoms with Gasteiger partial charge in [0.05, 0.1) is 19.0 Å². The zero-order chi connectivity index (χ0) is 15.8. The lowest BCUT2D eigenvalue weighted by Gasteiger charge is -2.31. The van der Waals surface area contributed by atoms with Crippen LogP contribution < -0.4 is 11.1 Å². The van der Waals surface area contributed by atoms with E-state index in [0.717, 1.165) is 31.2 Å². The third kappa shape index (κ3) is 4.56. The van der Waals surface area contributed by atoms with Crippen LogP contribution in [0, 0.1) is 0 Å². The molecule has 5 nitrogen and oxygen atoms in total. The van der Waals surface area contributed by atoms with E-state index in [-0.39, 0.29) is 30.8 Å². The smallest absolute Gasteiger partial charge is 0.236 e. The lowest BCUT2D eigenvalue weighted by atomic mass is 10.0. The Morgan fingerprint density at radius 1 is 1.18 bits per heavy atom. The first kappa shape index (κ1) is 16.5. The Hall–Kier alpha value is -1.88. The topological polar surface area (TPSA) is 75.4 Å². The minimum atomic E-state index is -0.240. The number of carbonyl (C=O) groups excluding carboxylic acids is 2. The minimum Gasteiger partial charge on any atom is -0.356 e. The summed E-state index contributed by atoms with van der Waals surface area (Å²) in [6, 6.07) is 9.50. The highest BCUT2D eigenvalue weighted by Crippen LogP contribution is 2.25. The van der Waals surface area contributed by atoms with Crippen LogP contribution in [0.3, 0.4) is 0 Å². The van der Waals surface area contributed by atoms with Gasteiger partial charge in [0.15, 0.2) is 0 Å². The summed E-state index contributed by atoms with van der Waals surface area (Å²) in [7, 11) is 0. The van der Waals surface area contributed by atoms with Crippen molar-refractivity contribution in [3.8, 4) is 0 Å². The number of nitrogens with zero attached hydrogens (tertiary/aromatic N) is 1.